The number of aliphatic hydroxyl groups excluding tert-OH is 3. The van der Waals surface area contributed by atoms with Gasteiger partial charge in [-0.15, -0.1) is 0 Å². The summed E-state index contributed by atoms with van der Waals surface area (Å²) in [5, 5.41) is 31.4. The minimum atomic E-state index is -2.03. The number of benzene rings is 2. The summed E-state index contributed by atoms with van der Waals surface area (Å²) in [6, 6.07) is 11.9. The Labute approximate surface area is 172 Å². The van der Waals surface area contributed by atoms with Crippen LogP contribution in [-0.4, -0.2) is 72.8 Å². The number of halogens is 1. The fraction of sp³-hybridized carbons (Fsp3) is 0.381. The van der Waals surface area contributed by atoms with Crippen LogP contribution < -0.4 is 14.8 Å². The van der Waals surface area contributed by atoms with Gasteiger partial charge in [-0.1, -0.05) is 18.2 Å². The standard InChI is InChI=1S/C21H24FNO7/c1-23-20(27)13-5-3-4-11(8-13)12-6-7-14(15(9-12)28-2)29-21-17(22)19(26)18(25)16(10-24)30-21/h3-9,16-19,21,24-26H,10H2,1-2H3,(H,23,27)/t16?,17?,18-,19?,21+/m1/s1. The van der Waals surface area contributed by atoms with E-state index in [1.807, 2.05) is 6.07 Å². The smallest absolute Gasteiger partial charge is 0.251 e. The molecule has 1 fully saturated rings. The molecule has 1 amide bonds. The molecule has 1 aliphatic heterocycles. The predicted octanol–water partition coefficient (Wildman–Crippen LogP) is 0.878. The number of aliphatic hydroxyl groups is 3. The van der Waals surface area contributed by atoms with E-state index in [1.54, 1.807) is 43.4 Å². The van der Waals surface area contributed by atoms with Crippen LogP contribution in [0.15, 0.2) is 42.5 Å². The Morgan fingerprint density at radius 2 is 1.87 bits per heavy atom. The SMILES string of the molecule is CNC(=O)c1cccc(-c2ccc(O[C@H]3OC(CO)[C@@H](O)C(O)C3F)c(OC)c2)c1. The number of rotatable bonds is 6. The number of nitrogens with one attached hydrogen (secondary N) is 1. The van der Waals surface area contributed by atoms with E-state index in [0.717, 1.165) is 11.1 Å². The van der Waals surface area contributed by atoms with Gasteiger partial charge in [0.2, 0.25) is 6.29 Å². The molecule has 1 heterocycles. The third-order valence-electron chi connectivity index (χ3n) is 4.90. The van der Waals surface area contributed by atoms with Gasteiger partial charge in [0.25, 0.3) is 5.91 Å². The van der Waals surface area contributed by atoms with Crippen LogP contribution in [0.4, 0.5) is 4.39 Å². The number of hydrogen-bond acceptors (Lipinski definition) is 7. The van der Waals surface area contributed by atoms with Crippen LogP contribution in [0.1, 0.15) is 10.4 Å². The van der Waals surface area contributed by atoms with Crippen LogP contribution in [0.3, 0.4) is 0 Å². The number of hydrogen-bond donors (Lipinski definition) is 4. The number of alkyl halides is 1. The fourth-order valence-electron chi connectivity index (χ4n) is 3.19. The topological polar surface area (TPSA) is 117 Å². The molecule has 9 heteroatoms. The summed E-state index contributed by atoms with van der Waals surface area (Å²) in [6.45, 7) is -0.609. The van der Waals surface area contributed by atoms with Gasteiger partial charge in [-0.05, 0) is 35.4 Å². The molecule has 4 N–H and O–H groups in total. The van der Waals surface area contributed by atoms with Gasteiger partial charge in [-0.3, -0.25) is 4.79 Å². The van der Waals surface area contributed by atoms with Gasteiger partial charge in [0, 0.05) is 12.6 Å². The molecule has 1 saturated heterocycles. The first-order valence-electron chi connectivity index (χ1n) is 9.33. The Balaban J connectivity index is 1.85. The van der Waals surface area contributed by atoms with Crippen LogP contribution in [0.5, 0.6) is 11.5 Å². The van der Waals surface area contributed by atoms with Gasteiger partial charge in [-0.25, -0.2) is 4.39 Å². The summed E-state index contributed by atoms with van der Waals surface area (Å²) in [4.78, 5) is 11.9. The normalized spacial score (nSPS) is 26.1. The lowest BCUT2D eigenvalue weighted by Gasteiger charge is -2.38. The second-order valence-electron chi connectivity index (χ2n) is 6.79. The highest BCUT2D eigenvalue weighted by Crippen LogP contribution is 2.35. The molecular weight excluding hydrogens is 397 g/mol. The molecule has 8 nitrogen and oxygen atoms in total. The molecule has 0 saturated carbocycles. The summed E-state index contributed by atoms with van der Waals surface area (Å²) >= 11 is 0. The summed E-state index contributed by atoms with van der Waals surface area (Å²) in [7, 11) is 2.96. The zero-order valence-electron chi connectivity index (χ0n) is 16.5. The zero-order chi connectivity index (χ0) is 21.8. The van der Waals surface area contributed by atoms with Crippen molar-refractivity contribution in [1.29, 1.82) is 0 Å². The van der Waals surface area contributed by atoms with E-state index in [1.165, 1.54) is 7.11 Å². The first kappa shape index (κ1) is 22.0. The number of ether oxygens (including phenoxy) is 3. The van der Waals surface area contributed by atoms with Crippen molar-refractivity contribution in [3.05, 3.63) is 48.0 Å². The van der Waals surface area contributed by atoms with Crippen molar-refractivity contribution in [2.75, 3.05) is 20.8 Å². The van der Waals surface area contributed by atoms with Crippen LogP contribution in [-0.2, 0) is 4.74 Å². The maximum atomic E-state index is 14.4. The average molecular weight is 421 g/mol. The molecule has 0 aliphatic carbocycles. The molecule has 2 aromatic carbocycles. The van der Waals surface area contributed by atoms with Gasteiger partial charge in [0.05, 0.1) is 13.7 Å². The van der Waals surface area contributed by atoms with Gasteiger partial charge < -0.3 is 34.8 Å². The van der Waals surface area contributed by atoms with Gasteiger partial charge in [0.15, 0.2) is 17.7 Å². The fourth-order valence-corrected chi connectivity index (χ4v) is 3.19. The Kier molecular flexibility index (Phi) is 6.88. The maximum absolute atomic E-state index is 14.4. The predicted molar refractivity (Wildman–Crippen MR) is 105 cm³/mol. The molecule has 30 heavy (non-hydrogen) atoms. The number of methoxy groups -OCH3 is 1. The Bertz CT molecular complexity index is 891. The highest BCUT2D eigenvalue weighted by atomic mass is 19.1. The van der Waals surface area contributed by atoms with Gasteiger partial charge >= 0.3 is 0 Å². The molecule has 0 bridgehead atoms. The molecule has 0 spiro atoms. The van der Waals surface area contributed by atoms with E-state index in [2.05, 4.69) is 5.32 Å². The minimum Gasteiger partial charge on any atom is -0.493 e. The van der Waals surface area contributed by atoms with Crippen LogP contribution >= 0.6 is 0 Å². The summed E-state index contributed by atoms with van der Waals surface area (Å²) in [5.74, 6) is 0.206. The Hall–Kier alpha value is -2.72. The number of carbonyl (C=O) groups is 1. The van der Waals surface area contributed by atoms with Crippen molar-refractivity contribution in [3.8, 4) is 22.6 Å². The summed E-state index contributed by atoms with van der Waals surface area (Å²) in [5.41, 5.74) is 1.99. The van der Waals surface area contributed by atoms with E-state index in [-0.39, 0.29) is 17.4 Å². The molecule has 162 valence electrons. The van der Waals surface area contributed by atoms with E-state index < -0.39 is 37.4 Å². The third-order valence-corrected chi connectivity index (χ3v) is 4.90. The lowest BCUT2D eigenvalue weighted by atomic mass is 10.00. The van der Waals surface area contributed by atoms with E-state index in [4.69, 9.17) is 14.2 Å². The number of carbonyl (C=O) groups excluding carboxylic acids is 1. The lowest BCUT2D eigenvalue weighted by Crippen LogP contribution is -2.58. The van der Waals surface area contributed by atoms with E-state index in [0.29, 0.717) is 5.56 Å². The highest BCUT2D eigenvalue weighted by Gasteiger charge is 2.46. The van der Waals surface area contributed by atoms with Crippen molar-refractivity contribution in [3.63, 3.8) is 0 Å². The molecule has 0 aromatic heterocycles. The van der Waals surface area contributed by atoms with Crippen molar-refractivity contribution in [2.24, 2.45) is 0 Å². The first-order valence-corrected chi connectivity index (χ1v) is 9.33. The molecule has 3 rings (SSSR count). The van der Waals surface area contributed by atoms with Crippen LogP contribution in [0.25, 0.3) is 11.1 Å². The summed E-state index contributed by atoms with van der Waals surface area (Å²) < 4.78 is 30.5. The molecule has 0 radical (unpaired) electrons. The molecular formula is C21H24FNO7. The maximum Gasteiger partial charge on any atom is 0.251 e. The molecule has 3 unspecified atom stereocenters. The van der Waals surface area contributed by atoms with Crippen LogP contribution in [0.2, 0.25) is 0 Å². The quantitative estimate of drug-likeness (QED) is 0.547. The minimum absolute atomic E-state index is 0.150. The zero-order valence-corrected chi connectivity index (χ0v) is 16.5. The van der Waals surface area contributed by atoms with E-state index in [9.17, 15) is 24.5 Å². The first-order chi connectivity index (χ1) is 14.4. The second kappa shape index (κ2) is 9.40. The second-order valence-corrected chi connectivity index (χ2v) is 6.79. The Morgan fingerprint density at radius 3 is 2.53 bits per heavy atom. The van der Waals surface area contributed by atoms with E-state index >= 15 is 0 Å². The van der Waals surface area contributed by atoms with Crippen LogP contribution in [0, 0.1) is 0 Å². The van der Waals surface area contributed by atoms with Crippen molar-refractivity contribution < 1.29 is 38.7 Å². The third kappa shape index (κ3) is 4.39. The number of amides is 1. The highest BCUT2D eigenvalue weighted by molar-refractivity contribution is 5.95. The van der Waals surface area contributed by atoms with Gasteiger partial charge in [-0.2, -0.15) is 0 Å². The Morgan fingerprint density at radius 1 is 1.13 bits per heavy atom. The largest absolute Gasteiger partial charge is 0.493 e. The molecule has 1 aliphatic rings. The van der Waals surface area contributed by atoms with Crippen molar-refractivity contribution in [2.45, 2.75) is 30.8 Å². The monoisotopic (exact) mass is 421 g/mol. The van der Waals surface area contributed by atoms with Crippen molar-refractivity contribution >= 4 is 5.91 Å². The summed E-state index contributed by atoms with van der Waals surface area (Å²) in [6.07, 6.45) is -8.09. The van der Waals surface area contributed by atoms with Gasteiger partial charge in [0.1, 0.15) is 18.3 Å². The molecule has 2 aromatic rings. The molecule has 5 atom stereocenters. The lowest BCUT2D eigenvalue weighted by molar-refractivity contribution is -0.262. The van der Waals surface area contributed by atoms with Crippen molar-refractivity contribution in [1.82, 2.24) is 5.32 Å². The average Bonchev–Trinajstić information content (AvgIpc) is 2.79.